The zero-order chi connectivity index (χ0) is 13.2. The summed E-state index contributed by atoms with van der Waals surface area (Å²) in [5.74, 6) is -0.0861. The molecule has 1 atom stereocenters. The monoisotopic (exact) mass is 249 g/mol. The molecule has 2 rings (SSSR count). The van der Waals surface area contributed by atoms with E-state index in [0.29, 0.717) is 0 Å². The number of benzene rings is 1. The molecule has 1 aromatic carbocycles. The minimum atomic E-state index is -0.0861. The number of hydrogen-bond donors (Lipinski definition) is 1. The van der Waals surface area contributed by atoms with Gasteiger partial charge in [-0.2, -0.15) is 0 Å². The Morgan fingerprint density at radius 2 is 2.00 bits per heavy atom. The molecule has 1 aliphatic rings. The first kappa shape index (κ1) is 13.5. The summed E-state index contributed by atoms with van der Waals surface area (Å²) in [5, 5.41) is 3.56. The lowest BCUT2D eigenvalue weighted by molar-refractivity contribution is 0.225. The number of aryl methyl sites for hydroxylation is 1. The summed E-state index contributed by atoms with van der Waals surface area (Å²) < 4.78 is 13.8. The normalized spacial score (nSPS) is 20.0. The Bertz CT molecular complexity index is 408. The maximum Gasteiger partial charge on any atom is 0.126 e. The van der Waals surface area contributed by atoms with Gasteiger partial charge in [0.05, 0.1) is 0 Å². The summed E-state index contributed by atoms with van der Waals surface area (Å²) in [6.45, 7) is 7.20. The second-order valence-corrected chi connectivity index (χ2v) is 5.86. The third kappa shape index (κ3) is 2.59. The SMILES string of the molecule is CCNC(c1ccc(C)c(F)c1)C1(C)CCCC1. The van der Waals surface area contributed by atoms with Crippen LogP contribution in [0.5, 0.6) is 0 Å². The highest BCUT2D eigenvalue weighted by atomic mass is 19.1. The van der Waals surface area contributed by atoms with Crippen LogP contribution >= 0.6 is 0 Å². The van der Waals surface area contributed by atoms with Crippen LogP contribution in [0.4, 0.5) is 4.39 Å². The van der Waals surface area contributed by atoms with Crippen molar-refractivity contribution < 1.29 is 4.39 Å². The summed E-state index contributed by atoms with van der Waals surface area (Å²) in [4.78, 5) is 0. The molecule has 0 aromatic heterocycles. The maximum atomic E-state index is 13.8. The van der Waals surface area contributed by atoms with E-state index in [1.54, 1.807) is 6.07 Å². The van der Waals surface area contributed by atoms with Gasteiger partial charge in [-0.25, -0.2) is 4.39 Å². The quantitative estimate of drug-likeness (QED) is 0.835. The second kappa shape index (κ2) is 5.40. The molecule has 1 N–H and O–H groups in total. The van der Waals surface area contributed by atoms with E-state index < -0.39 is 0 Å². The highest BCUT2D eigenvalue weighted by Crippen LogP contribution is 2.47. The van der Waals surface area contributed by atoms with Gasteiger partial charge in [-0.3, -0.25) is 0 Å². The molecule has 0 saturated heterocycles. The number of rotatable bonds is 4. The Balaban J connectivity index is 2.31. The van der Waals surface area contributed by atoms with Crippen molar-refractivity contribution in [2.75, 3.05) is 6.54 Å². The summed E-state index contributed by atoms with van der Waals surface area (Å²) in [5.41, 5.74) is 2.10. The van der Waals surface area contributed by atoms with Crippen LogP contribution in [0.15, 0.2) is 18.2 Å². The number of halogens is 1. The van der Waals surface area contributed by atoms with Gasteiger partial charge >= 0.3 is 0 Å². The van der Waals surface area contributed by atoms with Crippen LogP contribution in [0.1, 0.15) is 56.7 Å². The van der Waals surface area contributed by atoms with Crippen molar-refractivity contribution in [3.8, 4) is 0 Å². The molecule has 1 nitrogen and oxygen atoms in total. The standard InChI is InChI=1S/C16H24FN/c1-4-18-15(16(3)9-5-6-10-16)13-8-7-12(2)14(17)11-13/h7-8,11,15,18H,4-6,9-10H2,1-3H3. The molecular formula is C16H24FN. The lowest BCUT2D eigenvalue weighted by Crippen LogP contribution is -2.34. The van der Waals surface area contributed by atoms with E-state index in [9.17, 15) is 4.39 Å². The van der Waals surface area contributed by atoms with E-state index in [1.807, 2.05) is 13.0 Å². The van der Waals surface area contributed by atoms with Gasteiger partial charge in [-0.15, -0.1) is 0 Å². The fourth-order valence-corrected chi connectivity index (χ4v) is 3.23. The van der Waals surface area contributed by atoms with Gasteiger partial charge in [0.15, 0.2) is 0 Å². The Morgan fingerprint density at radius 3 is 2.56 bits per heavy atom. The molecule has 0 aliphatic heterocycles. The van der Waals surface area contributed by atoms with Crippen LogP contribution in [-0.4, -0.2) is 6.54 Å². The summed E-state index contributed by atoms with van der Waals surface area (Å²) >= 11 is 0. The summed E-state index contributed by atoms with van der Waals surface area (Å²) in [7, 11) is 0. The lowest BCUT2D eigenvalue weighted by atomic mass is 9.77. The van der Waals surface area contributed by atoms with Crippen molar-refractivity contribution in [1.82, 2.24) is 5.32 Å². The molecule has 0 amide bonds. The van der Waals surface area contributed by atoms with E-state index in [-0.39, 0.29) is 17.3 Å². The molecule has 0 bridgehead atoms. The predicted molar refractivity (Wildman–Crippen MR) is 74.1 cm³/mol. The van der Waals surface area contributed by atoms with Gasteiger partial charge in [0, 0.05) is 6.04 Å². The lowest BCUT2D eigenvalue weighted by Gasteiger charge is -2.35. The van der Waals surface area contributed by atoms with Crippen molar-refractivity contribution in [1.29, 1.82) is 0 Å². The number of nitrogens with one attached hydrogen (secondary N) is 1. The predicted octanol–water partition coefficient (Wildman–Crippen LogP) is 4.37. The first-order valence-corrected chi connectivity index (χ1v) is 7.06. The van der Waals surface area contributed by atoms with Gasteiger partial charge in [-0.1, -0.05) is 38.8 Å². The Kier molecular flexibility index (Phi) is 4.06. The molecule has 1 saturated carbocycles. The highest BCUT2D eigenvalue weighted by molar-refractivity contribution is 5.27. The van der Waals surface area contributed by atoms with E-state index in [4.69, 9.17) is 0 Å². The largest absolute Gasteiger partial charge is 0.310 e. The van der Waals surface area contributed by atoms with Crippen LogP contribution in [-0.2, 0) is 0 Å². The second-order valence-electron chi connectivity index (χ2n) is 5.86. The van der Waals surface area contributed by atoms with Crippen molar-refractivity contribution in [2.24, 2.45) is 5.41 Å². The zero-order valence-electron chi connectivity index (χ0n) is 11.7. The molecule has 1 aliphatic carbocycles. The van der Waals surface area contributed by atoms with Crippen LogP contribution in [0.2, 0.25) is 0 Å². The minimum absolute atomic E-state index is 0.0861. The first-order chi connectivity index (χ1) is 8.57. The highest BCUT2D eigenvalue weighted by Gasteiger charge is 2.37. The molecular weight excluding hydrogens is 225 g/mol. The minimum Gasteiger partial charge on any atom is -0.310 e. The smallest absolute Gasteiger partial charge is 0.126 e. The molecule has 2 heteroatoms. The van der Waals surface area contributed by atoms with Gasteiger partial charge < -0.3 is 5.32 Å². The fraction of sp³-hybridized carbons (Fsp3) is 0.625. The Morgan fingerprint density at radius 1 is 1.33 bits per heavy atom. The first-order valence-electron chi connectivity index (χ1n) is 7.06. The van der Waals surface area contributed by atoms with Gasteiger partial charge in [0.25, 0.3) is 0 Å². The molecule has 1 fully saturated rings. The maximum absolute atomic E-state index is 13.8. The third-order valence-electron chi connectivity index (χ3n) is 4.38. The van der Waals surface area contributed by atoms with Crippen molar-refractivity contribution >= 4 is 0 Å². The summed E-state index contributed by atoms with van der Waals surface area (Å²) in [6.07, 6.45) is 5.07. The molecule has 18 heavy (non-hydrogen) atoms. The van der Waals surface area contributed by atoms with Gasteiger partial charge in [0.1, 0.15) is 5.82 Å². The fourth-order valence-electron chi connectivity index (χ4n) is 3.23. The zero-order valence-corrected chi connectivity index (χ0v) is 11.7. The van der Waals surface area contributed by atoms with Crippen LogP contribution in [0.3, 0.4) is 0 Å². The van der Waals surface area contributed by atoms with Crippen LogP contribution < -0.4 is 5.32 Å². The van der Waals surface area contributed by atoms with Gasteiger partial charge in [0.2, 0.25) is 0 Å². The van der Waals surface area contributed by atoms with E-state index in [2.05, 4.69) is 25.2 Å². The molecule has 0 spiro atoms. The average Bonchev–Trinajstić information content (AvgIpc) is 2.78. The van der Waals surface area contributed by atoms with E-state index >= 15 is 0 Å². The van der Waals surface area contributed by atoms with E-state index in [0.717, 1.165) is 17.7 Å². The topological polar surface area (TPSA) is 12.0 Å². The molecule has 1 unspecified atom stereocenters. The number of hydrogen-bond acceptors (Lipinski definition) is 1. The summed E-state index contributed by atoms with van der Waals surface area (Å²) in [6, 6.07) is 5.97. The van der Waals surface area contributed by atoms with Crippen LogP contribution in [0, 0.1) is 18.2 Å². The molecule has 100 valence electrons. The Hall–Kier alpha value is -0.890. The van der Waals surface area contributed by atoms with Crippen molar-refractivity contribution in [3.05, 3.63) is 35.1 Å². The third-order valence-corrected chi connectivity index (χ3v) is 4.38. The van der Waals surface area contributed by atoms with Crippen molar-refractivity contribution in [3.63, 3.8) is 0 Å². The van der Waals surface area contributed by atoms with Crippen molar-refractivity contribution in [2.45, 2.75) is 52.5 Å². The molecule has 0 heterocycles. The average molecular weight is 249 g/mol. The molecule has 1 aromatic rings. The molecule has 0 radical (unpaired) electrons. The van der Waals surface area contributed by atoms with E-state index in [1.165, 1.54) is 25.7 Å². The Labute approximate surface area is 110 Å². The van der Waals surface area contributed by atoms with Gasteiger partial charge in [-0.05, 0) is 48.9 Å². The van der Waals surface area contributed by atoms with Crippen LogP contribution in [0.25, 0.3) is 0 Å².